The normalized spacial score (nSPS) is 17.7. The molecular weight excluding hydrogens is 204 g/mol. The Balaban J connectivity index is 2.48. The summed E-state index contributed by atoms with van der Waals surface area (Å²) in [5.74, 6) is -0.201. The molecule has 0 amide bonds. The molecule has 1 aromatic carbocycles. The Bertz CT molecular complexity index is 419. The Morgan fingerprint density at radius 3 is 2.56 bits per heavy atom. The van der Waals surface area contributed by atoms with Gasteiger partial charge in [-0.1, -0.05) is 23.8 Å². The summed E-state index contributed by atoms with van der Waals surface area (Å²) in [5.41, 5.74) is 2.71. The number of aryl methyl sites for hydroxylation is 2. The minimum Gasteiger partial charge on any atom is -0.468 e. The molecule has 1 saturated heterocycles. The van der Waals surface area contributed by atoms with E-state index in [1.807, 2.05) is 26.0 Å². The van der Waals surface area contributed by atoms with Gasteiger partial charge < -0.3 is 9.47 Å². The smallest absolute Gasteiger partial charge is 0.321 e. The topological polar surface area (TPSA) is 35.5 Å². The van der Waals surface area contributed by atoms with E-state index in [0.29, 0.717) is 13.2 Å². The zero-order chi connectivity index (χ0) is 11.8. The number of ether oxygens (including phenoxy) is 2. The third-order valence-corrected chi connectivity index (χ3v) is 3.18. The van der Waals surface area contributed by atoms with E-state index in [9.17, 15) is 4.79 Å². The maximum atomic E-state index is 11.9. The highest BCUT2D eigenvalue weighted by molar-refractivity contribution is 5.85. The lowest BCUT2D eigenvalue weighted by atomic mass is 9.76. The van der Waals surface area contributed by atoms with Gasteiger partial charge in [-0.3, -0.25) is 4.79 Å². The minimum atomic E-state index is -0.579. The molecule has 0 aliphatic carbocycles. The van der Waals surface area contributed by atoms with Crippen molar-refractivity contribution in [1.29, 1.82) is 0 Å². The zero-order valence-corrected chi connectivity index (χ0v) is 9.87. The van der Waals surface area contributed by atoms with E-state index in [0.717, 1.165) is 16.7 Å². The van der Waals surface area contributed by atoms with Crippen LogP contribution in [0.25, 0.3) is 0 Å². The summed E-state index contributed by atoms with van der Waals surface area (Å²) < 4.78 is 10.1. The summed E-state index contributed by atoms with van der Waals surface area (Å²) in [4.78, 5) is 11.9. The number of esters is 1. The van der Waals surface area contributed by atoms with Crippen LogP contribution in [0.2, 0.25) is 0 Å². The van der Waals surface area contributed by atoms with Gasteiger partial charge in [-0.15, -0.1) is 0 Å². The summed E-state index contributed by atoms with van der Waals surface area (Å²) in [7, 11) is 1.42. The highest BCUT2D eigenvalue weighted by Crippen LogP contribution is 2.36. The van der Waals surface area contributed by atoms with Crippen molar-refractivity contribution in [3.8, 4) is 0 Å². The maximum absolute atomic E-state index is 11.9. The second-order valence-electron chi connectivity index (χ2n) is 4.38. The van der Waals surface area contributed by atoms with Crippen LogP contribution in [0.5, 0.6) is 0 Å². The van der Waals surface area contributed by atoms with Crippen LogP contribution >= 0.6 is 0 Å². The molecule has 1 aliphatic heterocycles. The molecule has 0 bridgehead atoms. The zero-order valence-electron chi connectivity index (χ0n) is 9.87. The predicted molar refractivity (Wildman–Crippen MR) is 60.4 cm³/mol. The highest BCUT2D eigenvalue weighted by atomic mass is 16.5. The van der Waals surface area contributed by atoms with Crippen LogP contribution in [0.4, 0.5) is 0 Å². The van der Waals surface area contributed by atoms with Crippen molar-refractivity contribution in [3.05, 3.63) is 34.9 Å². The van der Waals surface area contributed by atoms with E-state index in [4.69, 9.17) is 9.47 Å². The van der Waals surface area contributed by atoms with Crippen LogP contribution in [-0.2, 0) is 19.7 Å². The molecule has 86 valence electrons. The van der Waals surface area contributed by atoms with E-state index in [1.54, 1.807) is 0 Å². The van der Waals surface area contributed by atoms with Crippen molar-refractivity contribution in [2.45, 2.75) is 19.3 Å². The van der Waals surface area contributed by atoms with Gasteiger partial charge in [-0.25, -0.2) is 0 Å². The predicted octanol–water partition coefficient (Wildman–Crippen LogP) is 1.74. The minimum absolute atomic E-state index is 0.201. The van der Waals surface area contributed by atoms with Crippen LogP contribution in [-0.4, -0.2) is 26.3 Å². The van der Waals surface area contributed by atoms with Crippen molar-refractivity contribution in [1.82, 2.24) is 0 Å². The molecule has 0 atom stereocenters. The molecule has 0 spiro atoms. The first-order valence-electron chi connectivity index (χ1n) is 5.34. The first kappa shape index (κ1) is 11.1. The van der Waals surface area contributed by atoms with E-state index in [2.05, 4.69) is 6.07 Å². The van der Waals surface area contributed by atoms with Gasteiger partial charge in [-0.05, 0) is 25.0 Å². The van der Waals surface area contributed by atoms with Crippen molar-refractivity contribution in [2.75, 3.05) is 20.3 Å². The molecule has 2 rings (SSSR count). The average molecular weight is 220 g/mol. The lowest BCUT2D eigenvalue weighted by molar-refractivity contribution is -0.166. The van der Waals surface area contributed by atoms with Crippen molar-refractivity contribution in [3.63, 3.8) is 0 Å². The summed E-state index contributed by atoms with van der Waals surface area (Å²) in [6.07, 6.45) is 0. The standard InChI is InChI=1S/C13H16O3/c1-9-4-5-10(2)11(6-9)13(7-16-8-13)12(14)15-3/h4-6H,7-8H2,1-3H3. The molecule has 3 heteroatoms. The molecule has 0 unspecified atom stereocenters. The van der Waals surface area contributed by atoms with Crippen molar-refractivity contribution >= 4 is 5.97 Å². The fourth-order valence-electron chi connectivity index (χ4n) is 2.14. The van der Waals surface area contributed by atoms with Crippen molar-refractivity contribution in [2.24, 2.45) is 0 Å². The van der Waals surface area contributed by atoms with E-state index in [1.165, 1.54) is 7.11 Å². The number of carbonyl (C=O) groups is 1. The third kappa shape index (κ3) is 1.52. The number of hydrogen-bond acceptors (Lipinski definition) is 3. The Kier molecular flexibility index (Phi) is 2.72. The summed E-state index contributed by atoms with van der Waals surface area (Å²) >= 11 is 0. The molecule has 0 radical (unpaired) electrons. The summed E-state index contributed by atoms with van der Waals surface area (Å²) in [6.45, 7) is 4.87. The molecule has 0 aromatic heterocycles. The first-order chi connectivity index (χ1) is 7.60. The summed E-state index contributed by atoms with van der Waals surface area (Å²) in [6, 6.07) is 6.13. The number of methoxy groups -OCH3 is 1. The molecule has 0 N–H and O–H groups in total. The van der Waals surface area contributed by atoms with Gasteiger partial charge in [0.25, 0.3) is 0 Å². The quantitative estimate of drug-likeness (QED) is 0.712. The maximum Gasteiger partial charge on any atom is 0.321 e. The van der Waals surface area contributed by atoms with Gasteiger partial charge in [0.15, 0.2) is 0 Å². The lowest BCUT2D eigenvalue weighted by Gasteiger charge is -2.39. The largest absolute Gasteiger partial charge is 0.468 e. The fourth-order valence-corrected chi connectivity index (χ4v) is 2.14. The molecule has 1 aliphatic rings. The van der Waals surface area contributed by atoms with Gasteiger partial charge in [0, 0.05) is 0 Å². The molecule has 1 fully saturated rings. The van der Waals surface area contributed by atoms with Gasteiger partial charge in [0.05, 0.1) is 20.3 Å². The second-order valence-corrected chi connectivity index (χ2v) is 4.38. The average Bonchev–Trinajstić information content (AvgIpc) is 2.21. The van der Waals surface area contributed by atoms with Crippen LogP contribution < -0.4 is 0 Å². The van der Waals surface area contributed by atoms with E-state index < -0.39 is 5.41 Å². The molecular formula is C13H16O3. The third-order valence-electron chi connectivity index (χ3n) is 3.18. The van der Waals surface area contributed by atoms with Crippen LogP contribution in [0.15, 0.2) is 18.2 Å². The SMILES string of the molecule is COC(=O)C1(c2cc(C)ccc2C)COC1. The molecule has 0 saturated carbocycles. The van der Waals surface area contributed by atoms with E-state index in [-0.39, 0.29) is 5.97 Å². The Morgan fingerprint density at radius 1 is 1.38 bits per heavy atom. The number of benzene rings is 1. The Labute approximate surface area is 95.4 Å². The fraction of sp³-hybridized carbons (Fsp3) is 0.462. The molecule has 3 nitrogen and oxygen atoms in total. The Morgan fingerprint density at radius 2 is 2.06 bits per heavy atom. The number of rotatable bonds is 2. The molecule has 1 aromatic rings. The highest BCUT2D eigenvalue weighted by Gasteiger charge is 2.49. The van der Waals surface area contributed by atoms with Gasteiger partial charge in [-0.2, -0.15) is 0 Å². The number of hydrogen-bond donors (Lipinski definition) is 0. The molecule has 16 heavy (non-hydrogen) atoms. The van der Waals surface area contributed by atoms with Crippen molar-refractivity contribution < 1.29 is 14.3 Å². The second kappa shape index (κ2) is 3.91. The van der Waals surface area contributed by atoms with Gasteiger partial charge in [0.1, 0.15) is 5.41 Å². The lowest BCUT2D eigenvalue weighted by Crippen LogP contribution is -2.54. The van der Waals surface area contributed by atoms with Gasteiger partial charge in [0.2, 0.25) is 0 Å². The first-order valence-corrected chi connectivity index (χ1v) is 5.34. The van der Waals surface area contributed by atoms with Crippen LogP contribution in [0.1, 0.15) is 16.7 Å². The van der Waals surface area contributed by atoms with E-state index >= 15 is 0 Å². The molecule has 1 heterocycles. The number of carbonyl (C=O) groups excluding carboxylic acids is 1. The van der Waals surface area contributed by atoms with Crippen LogP contribution in [0.3, 0.4) is 0 Å². The Hall–Kier alpha value is -1.35. The van der Waals surface area contributed by atoms with Crippen LogP contribution in [0, 0.1) is 13.8 Å². The van der Waals surface area contributed by atoms with Gasteiger partial charge >= 0.3 is 5.97 Å². The monoisotopic (exact) mass is 220 g/mol. The summed E-state index contributed by atoms with van der Waals surface area (Å²) in [5, 5.41) is 0.